The molecule has 0 spiro atoms. The lowest BCUT2D eigenvalue weighted by Crippen LogP contribution is -2.57. The molecule has 0 unspecified atom stereocenters. The molecule has 0 radical (unpaired) electrons. The summed E-state index contributed by atoms with van der Waals surface area (Å²) < 4.78 is 29.0. The van der Waals surface area contributed by atoms with E-state index >= 15 is 0 Å². The molecule has 0 atom stereocenters. The summed E-state index contributed by atoms with van der Waals surface area (Å²) in [5.74, 6) is 0.364. The standard InChI is InChI=1S/C19H30N2O4S.ClH/c1-18(2,3)15-7-5-6-8-16(15)25-14-13-21-17(22)19(26(4,23)24)9-11-20-12-10-19;/h5-8,20H,9-14H2,1-4H3,(H,21,22);1H. The van der Waals surface area contributed by atoms with Gasteiger partial charge in [-0.3, -0.25) is 4.79 Å². The van der Waals surface area contributed by atoms with Crippen LogP contribution in [0.1, 0.15) is 39.2 Å². The van der Waals surface area contributed by atoms with E-state index in [9.17, 15) is 13.2 Å². The monoisotopic (exact) mass is 418 g/mol. The smallest absolute Gasteiger partial charge is 0.241 e. The van der Waals surface area contributed by atoms with E-state index in [2.05, 4.69) is 31.4 Å². The van der Waals surface area contributed by atoms with Gasteiger partial charge in [-0.15, -0.1) is 12.4 Å². The molecule has 1 aliphatic heterocycles. The van der Waals surface area contributed by atoms with Crippen LogP contribution >= 0.6 is 12.4 Å². The first-order valence-corrected chi connectivity index (χ1v) is 10.9. The van der Waals surface area contributed by atoms with Gasteiger partial charge in [0.15, 0.2) is 14.6 Å². The topological polar surface area (TPSA) is 84.5 Å². The fraction of sp³-hybridized carbons (Fsp3) is 0.632. The molecule has 0 aliphatic carbocycles. The first-order valence-electron chi connectivity index (χ1n) is 8.99. The molecule has 1 amide bonds. The van der Waals surface area contributed by atoms with Crippen LogP contribution in [-0.4, -0.2) is 51.6 Å². The molecular weight excluding hydrogens is 388 g/mol. The Labute approximate surface area is 168 Å². The highest BCUT2D eigenvalue weighted by Crippen LogP contribution is 2.31. The number of nitrogens with one attached hydrogen (secondary N) is 2. The Morgan fingerprint density at radius 2 is 1.81 bits per heavy atom. The number of hydrogen-bond acceptors (Lipinski definition) is 5. The summed E-state index contributed by atoms with van der Waals surface area (Å²) in [6.45, 7) is 7.95. The number of halogens is 1. The minimum absolute atomic E-state index is 0. The maximum absolute atomic E-state index is 12.6. The van der Waals surface area contributed by atoms with E-state index in [1.807, 2.05) is 24.3 Å². The van der Waals surface area contributed by atoms with Gasteiger partial charge in [0.1, 0.15) is 12.4 Å². The van der Waals surface area contributed by atoms with Gasteiger partial charge in [-0.2, -0.15) is 0 Å². The van der Waals surface area contributed by atoms with E-state index in [0.29, 0.717) is 25.9 Å². The summed E-state index contributed by atoms with van der Waals surface area (Å²) in [5, 5.41) is 5.86. The van der Waals surface area contributed by atoms with Crippen molar-refractivity contribution in [2.75, 3.05) is 32.5 Å². The van der Waals surface area contributed by atoms with Crippen molar-refractivity contribution in [3.8, 4) is 5.75 Å². The Balaban J connectivity index is 0.00000364. The summed E-state index contributed by atoms with van der Waals surface area (Å²) in [6.07, 6.45) is 1.74. The van der Waals surface area contributed by atoms with E-state index in [4.69, 9.17) is 4.74 Å². The zero-order chi connectivity index (χ0) is 19.4. The van der Waals surface area contributed by atoms with E-state index in [0.717, 1.165) is 17.6 Å². The van der Waals surface area contributed by atoms with Crippen LogP contribution in [0.4, 0.5) is 0 Å². The van der Waals surface area contributed by atoms with Crippen LogP contribution in [-0.2, 0) is 20.0 Å². The largest absolute Gasteiger partial charge is 0.491 e. The van der Waals surface area contributed by atoms with Gasteiger partial charge in [0, 0.05) is 6.26 Å². The molecular formula is C19H31ClN2O4S. The Hall–Kier alpha value is -1.31. The van der Waals surface area contributed by atoms with Crippen LogP contribution in [0.15, 0.2) is 24.3 Å². The number of carbonyl (C=O) groups excluding carboxylic acids is 1. The zero-order valence-electron chi connectivity index (χ0n) is 16.5. The van der Waals surface area contributed by atoms with Crippen molar-refractivity contribution < 1.29 is 17.9 Å². The molecule has 1 fully saturated rings. The third kappa shape index (κ3) is 5.59. The highest BCUT2D eigenvalue weighted by atomic mass is 35.5. The van der Waals surface area contributed by atoms with Crippen LogP contribution in [0.2, 0.25) is 0 Å². The van der Waals surface area contributed by atoms with Gasteiger partial charge in [-0.25, -0.2) is 8.42 Å². The summed E-state index contributed by atoms with van der Waals surface area (Å²) >= 11 is 0. The number of carbonyl (C=O) groups is 1. The van der Waals surface area contributed by atoms with Crippen LogP contribution in [0.25, 0.3) is 0 Å². The molecule has 1 aromatic carbocycles. The number of hydrogen-bond donors (Lipinski definition) is 2. The number of rotatable bonds is 6. The van der Waals surface area contributed by atoms with Crippen molar-refractivity contribution in [1.82, 2.24) is 10.6 Å². The molecule has 2 rings (SSSR count). The Morgan fingerprint density at radius 3 is 2.37 bits per heavy atom. The number of piperidine rings is 1. The molecule has 1 aliphatic rings. The van der Waals surface area contributed by atoms with Crippen molar-refractivity contribution in [2.24, 2.45) is 0 Å². The highest BCUT2D eigenvalue weighted by molar-refractivity contribution is 7.92. The quantitative estimate of drug-likeness (QED) is 0.691. The lowest BCUT2D eigenvalue weighted by molar-refractivity contribution is -0.124. The zero-order valence-corrected chi connectivity index (χ0v) is 18.1. The normalized spacial score (nSPS) is 16.9. The Kier molecular flexibility index (Phi) is 8.14. The molecule has 8 heteroatoms. The Morgan fingerprint density at radius 1 is 1.22 bits per heavy atom. The summed E-state index contributed by atoms with van der Waals surface area (Å²) in [6, 6.07) is 7.83. The van der Waals surface area contributed by atoms with Crippen molar-refractivity contribution in [3.05, 3.63) is 29.8 Å². The van der Waals surface area contributed by atoms with Crippen LogP contribution in [0.5, 0.6) is 5.75 Å². The van der Waals surface area contributed by atoms with Gasteiger partial charge in [0.05, 0.1) is 6.54 Å². The molecule has 154 valence electrons. The summed E-state index contributed by atoms with van der Waals surface area (Å²) in [7, 11) is -3.49. The maximum Gasteiger partial charge on any atom is 0.241 e. The van der Waals surface area contributed by atoms with Gasteiger partial charge in [0.25, 0.3) is 0 Å². The van der Waals surface area contributed by atoms with Gasteiger partial charge >= 0.3 is 0 Å². The molecule has 6 nitrogen and oxygen atoms in total. The van der Waals surface area contributed by atoms with E-state index in [1.54, 1.807) is 0 Å². The molecule has 27 heavy (non-hydrogen) atoms. The fourth-order valence-electron chi connectivity index (χ4n) is 3.30. The fourth-order valence-corrected chi connectivity index (χ4v) is 4.65. The van der Waals surface area contributed by atoms with Crippen LogP contribution < -0.4 is 15.4 Å². The third-order valence-corrected chi connectivity index (χ3v) is 6.89. The molecule has 2 N–H and O–H groups in total. The van der Waals surface area contributed by atoms with Gasteiger partial charge < -0.3 is 15.4 Å². The highest BCUT2D eigenvalue weighted by Gasteiger charge is 2.48. The van der Waals surface area contributed by atoms with Crippen LogP contribution in [0.3, 0.4) is 0 Å². The maximum atomic E-state index is 12.6. The number of ether oxygens (including phenoxy) is 1. The van der Waals surface area contributed by atoms with Crippen LogP contribution in [0, 0.1) is 0 Å². The predicted octanol–water partition coefficient (Wildman–Crippen LogP) is 2.07. The second-order valence-electron chi connectivity index (χ2n) is 7.87. The molecule has 0 bridgehead atoms. The van der Waals surface area contributed by atoms with Gasteiger partial charge in [-0.05, 0) is 43.0 Å². The number of benzene rings is 1. The number of sulfone groups is 1. The summed E-state index contributed by atoms with van der Waals surface area (Å²) in [5.41, 5.74) is 1.05. The SMILES string of the molecule is CC(C)(C)c1ccccc1OCCNC(=O)C1(S(C)(=O)=O)CCNCC1.Cl. The Bertz CT molecular complexity index is 738. The molecule has 0 saturated carbocycles. The number of para-hydroxylation sites is 1. The second kappa shape index (κ2) is 9.26. The average Bonchev–Trinajstić information content (AvgIpc) is 2.57. The summed E-state index contributed by atoms with van der Waals surface area (Å²) in [4.78, 5) is 12.6. The minimum atomic E-state index is -3.49. The molecule has 1 heterocycles. The van der Waals surface area contributed by atoms with Crippen molar-refractivity contribution in [2.45, 2.75) is 43.8 Å². The minimum Gasteiger partial charge on any atom is -0.491 e. The predicted molar refractivity (Wildman–Crippen MR) is 111 cm³/mol. The van der Waals surface area contributed by atoms with Crippen molar-refractivity contribution in [1.29, 1.82) is 0 Å². The second-order valence-corrected chi connectivity index (χ2v) is 10.2. The molecule has 0 aromatic heterocycles. The van der Waals surface area contributed by atoms with E-state index in [1.165, 1.54) is 0 Å². The van der Waals surface area contributed by atoms with Crippen molar-refractivity contribution >= 4 is 28.2 Å². The number of amides is 1. The third-order valence-electron chi connectivity index (χ3n) is 4.88. The first-order chi connectivity index (χ1) is 12.1. The van der Waals surface area contributed by atoms with E-state index < -0.39 is 20.5 Å². The first kappa shape index (κ1) is 23.7. The average molecular weight is 419 g/mol. The molecule has 1 saturated heterocycles. The van der Waals surface area contributed by atoms with E-state index in [-0.39, 0.29) is 31.0 Å². The lowest BCUT2D eigenvalue weighted by atomic mass is 9.86. The lowest BCUT2D eigenvalue weighted by Gasteiger charge is -2.34. The molecule has 1 aromatic rings. The van der Waals surface area contributed by atoms with Gasteiger partial charge in [-0.1, -0.05) is 39.0 Å². The van der Waals surface area contributed by atoms with Crippen molar-refractivity contribution in [3.63, 3.8) is 0 Å². The van der Waals surface area contributed by atoms with Gasteiger partial charge in [0.2, 0.25) is 5.91 Å².